The van der Waals surface area contributed by atoms with Crippen LogP contribution in [-0.2, 0) is 11.3 Å². The maximum absolute atomic E-state index is 12.2. The van der Waals surface area contributed by atoms with Crippen molar-refractivity contribution in [1.29, 1.82) is 0 Å². The molecule has 0 bridgehead atoms. The molecule has 122 valence electrons. The van der Waals surface area contributed by atoms with Gasteiger partial charge in [0.2, 0.25) is 11.7 Å². The van der Waals surface area contributed by atoms with E-state index in [-0.39, 0.29) is 12.5 Å². The number of esters is 1. The van der Waals surface area contributed by atoms with Crippen LogP contribution in [0.3, 0.4) is 0 Å². The highest BCUT2D eigenvalue weighted by molar-refractivity contribution is 6.34. The Morgan fingerprint density at radius 3 is 2.92 bits per heavy atom. The van der Waals surface area contributed by atoms with Crippen molar-refractivity contribution in [2.24, 2.45) is 0 Å². The zero-order valence-corrected chi connectivity index (χ0v) is 13.7. The number of carbonyl (C=O) groups excluding carboxylic acids is 1. The molecule has 1 aliphatic heterocycles. The summed E-state index contributed by atoms with van der Waals surface area (Å²) in [6.07, 6.45) is 1.60. The van der Waals surface area contributed by atoms with Crippen LogP contribution in [0.5, 0.6) is 0 Å². The summed E-state index contributed by atoms with van der Waals surface area (Å²) in [5, 5.41) is 4.32. The van der Waals surface area contributed by atoms with Gasteiger partial charge in [0, 0.05) is 5.92 Å². The Bertz CT molecular complexity index is 945. The molecule has 0 saturated carbocycles. The van der Waals surface area contributed by atoms with E-state index in [1.54, 1.807) is 29.1 Å². The Kier molecular flexibility index (Phi) is 3.38. The van der Waals surface area contributed by atoms with Gasteiger partial charge in [-0.2, -0.15) is 4.98 Å². The van der Waals surface area contributed by atoms with Crippen LogP contribution in [0.25, 0.3) is 17.2 Å². The highest BCUT2D eigenvalue weighted by Crippen LogP contribution is 2.32. The monoisotopic (exact) mass is 344 g/mol. The molecular weight excluding hydrogens is 332 g/mol. The van der Waals surface area contributed by atoms with Crippen molar-refractivity contribution in [3.05, 3.63) is 46.7 Å². The molecule has 2 aromatic heterocycles. The summed E-state index contributed by atoms with van der Waals surface area (Å²) >= 11 is 6.16. The lowest BCUT2D eigenvalue weighted by molar-refractivity contribution is 0.0476. The van der Waals surface area contributed by atoms with E-state index >= 15 is 0 Å². The summed E-state index contributed by atoms with van der Waals surface area (Å²) < 4.78 is 12.4. The molecule has 0 spiro atoms. The third kappa shape index (κ3) is 2.20. The smallest absolute Gasteiger partial charge is 0.342 e. The van der Waals surface area contributed by atoms with Gasteiger partial charge in [0.1, 0.15) is 24.2 Å². The second kappa shape index (κ2) is 5.45. The molecule has 24 heavy (non-hydrogen) atoms. The minimum absolute atomic E-state index is 0.0464. The largest absolute Gasteiger partial charge is 0.455 e. The number of halogens is 1. The van der Waals surface area contributed by atoms with E-state index < -0.39 is 5.97 Å². The summed E-state index contributed by atoms with van der Waals surface area (Å²) in [7, 11) is 0. The molecule has 3 aromatic rings. The number of aromatic nitrogens is 4. The van der Waals surface area contributed by atoms with Crippen molar-refractivity contribution in [2.45, 2.75) is 26.4 Å². The van der Waals surface area contributed by atoms with Crippen LogP contribution in [0.2, 0.25) is 5.02 Å². The molecule has 3 heterocycles. The van der Waals surface area contributed by atoms with Gasteiger partial charge in [-0.15, -0.1) is 0 Å². The van der Waals surface area contributed by atoms with Crippen LogP contribution in [-0.4, -0.2) is 25.7 Å². The van der Waals surface area contributed by atoms with Crippen LogP contribution in [0.4, 0.5) is 0 Å². The molecule has 8 heteroatoms. The Morgan fingerprint density at radius 2 is 2.17 bits per heavy atom. The predicted octanol–water partition coefficient (Wildman–Crippen LogP) is 3.37. The van der Waals surface area contributed by atoms with E-state index in [1.165, 1.54) is 0 Å². The molecule has 0 fully saturated rings. The van der Waals surface area contributed by atoms with Gasteiger partial charge in [-0.25, -0.2) is 9.78 Å². The Balaban J connectivity index is 1.88. The molecule has 0 N–H and O–H groups in total. The predicted molar refractivity (Wildman–Crippen MR) is 85.1 cm³/mol. The van der Waals surface area contributed by atoms with Crippen LogP contribution >= 0.6 is 11.6 Å². The average molecular weight is 345 g/mol. The maximum Gasteiger partial charge on any atom is 0.342 e. The van der Waals surface area contributed by atoms with Gasteiger partial charge in [-0.3, -0.25) is 4.57 Å². The number of ether oxygens (including phenoxy) is 1. The molecule has 0 aliphatic carbocycles. The molecule has 4 rings (SSSR count). The van der Waals surface area contributed by atoms with Gasteiger partial charge in [-0.05, 0) is 12.1 Å². The number of hydrogen-bond acceptors (Lipinski definition) is 6. The normalized spacial score (nSPS) is 13.4. The second-order valence-electron chi connectivity index (χ2n) is 5.73. The molecular formula is C16H13ClN4O3. The first kappa shape index (κ1) is 14.9. The lowest BCUT2D eigenvalue weighted by Crippen LogP contribution is -2.05. The number of nitrogens with zero attached hydrogens (tertiary/aromatic N) is 4. The van der Waals surface area contributed by atoms with Gasteiger partial charge in [-0.1, -0.05) is 36.7 Å². The third-order valence-corrected chi connectivity index (χ3v) is 4.12. The zero-order valence-electron chi connectivity index (χ0n) is 13.0. The van der Waals surface area contributed by atoms with E-state index in [2.05, 4.69) is 15.1 Å². The van der Waals surface area contributed by atoms with Crippen molar-refractivity contribution in [2.75, 3.05) is 0 Å². The van der Waals surface area contributed by atoms with Crippen molar-refractivity contribution in [1.82, 2.24) is 19.7 Å². The van der Waals surface area contributed by atoms with Crippen molar-refractivity contribution in [3.8, 4) is 17.2 Å². The summed E-state index contributed by atoms with van der Waals surface area (Å²) in [5.41, 5.74) is 2.12. The molecule has 0 saturated heterocycles. The Hall–Kier alpha value is -2.67. The lowest BCUT2D eigenvalue weighted by Gasteiger charge is -2.07. The third-order valence-electron chi connectivity index (χ3n) is 3.81. The lowest BCUT2D eigenvalue weighted by atomic mass is 10.1. The van der Waals surface area contributed by atoms with Crippen molar-refractivity contribution >= 4 is 17.6 Å². The molecule has 7 nitrogen and oxygen atoms in total. The van der Waals surface area contributed by atoms with E-state index in [0.717, 1.165) is 0 Å². The molecule has 1 aromatic carbocycles. The molecule has 0 atom stereocenters. The van der Waals surface area contributed by atoms with Crippen molar-refractivity contribution in [3.63, 3.8) is 0 Å². The van der Waals surface area contributed by atoms with Gasteiger partial charge < -0.3 is 9.26 Å². The van der Waals surface area contributed by atoms with Gasteiger partial charge >= 0.3 is 5.97 Å². The number of rotatable bonds is 2. The number of imidazole rings is 1. The zero-order chi connectivity index (χ0) is 16.8. The van der Waals surface area contributed by atoms with E-state index in [0.29, 0.717) is 39.4 Å². The fraction of sp³-hybridized carbons (Fsp3) is 0.250. The van der Waals surface area contributed by atoms with E-state index in [9.17, 15) is 4.79 Å². The highest BCUT2D eigenvalue weighted by atomic mass is 35.5. The highest BCUT2D eigenvalue weighted by Gasteiger charge is 2.28. The van der Waals surface area contributed by atoms with Crippen LogP contribution in [0, 0.1) is 0 Å². The quantitative estimate of drug-likeness (QED) is 0.663. The fourth-order valence-electron chi connectivity index (χ4n) is 2.59. The SMILES string of the molecule is CC(C)c1nc(-c2ncn3c2COC(=O)c2c(Cl)cccc2-3)no1. The average Bonchev–Trinajstić information content (AvgIpc) is 3.16. The van der Waals surface area contributed by atoms with E-state index in [1.807, 2.05) is 13.8 Å². The fourth-order valence-corrected chi connectivity index (χ4v) is 2.84. The number of carbonyl (C=O) groups is 1. The molecule has 0 radical (unpaired) electrons. The first-order valence-electron chi connectivity index (χ1n) is 7.42. The summed E-state index contributed by atoms with van der Waals surface area (Å²) in [5.74, 6) is 0.542. The van der Waals surface area contributed by atoms with Gasteiger partial charge in [0.15, 0.2) is 0 Å². The number of cyclic esters (lactones) is 1. The standard InChI is InChI=1S/C16H13ClN4O3/c1-8(2)15-19-14(20-24-15)13-11-6-23-16(22)12-9(17)4-3-5-10(12)21(11)7-18-13/h3-5,7-8H,6H2,1-2H3. The van der Waals surface area contributed by atoms with Crippen LogP contribution in [0.15, 0.2) is 29.0 Å². The molecule has 1 aliphatic rings. The molecule has 0 amide bonds. The number of fused-ring (bicyclic) bond motifs is 3. The second-order valence-corrected chi connectivity index (χ2v) is 6.14. The van der Waals surface area contributed by atoms with Gasteiger partial charge in [0.05, 0.1) is 16.4 Å². The topological polar surface area (TPSA) is 83.0 Å². The van der Waals surface area contributed by atoms with Gasteiger partial charge in [0.25, 0.3) is 0 Å². The Labute approximate surface area is 142 Å². The first-order valence-corrected chi connectivity index (χ1v) is 7.80. The van der Waals surface area contributed by atoms with Crippen LogP contribution < -0.4 is 0 Å². The first-order chi connectivity index (χ1) is 11.6. The summed E-state index contributed by atoms with van der Waals surface area (Å²) in [4.78, 5) is 21.0. The Morgan fingerprint density at radius 1 is 1.33 bits per heavy atom. The number of hydrogen-bond donors (Lipinski definition) is 0. The summed E-state index contributed by atoms with van der Waals surface area (Å²) in [6, 6.07) is 5.21. The molecule has 0 unspecified atom stereocenters. The van der Waals surface area contributed by atoms with E-state index in [4.69, 9.17) is 20.9 Å². The van der Waals surface area contributed by atoms with Crippen LogP contribution in [0.1, 0.15) is 41.7 Å². The minimum atomic E-state index is -0.471. The maximum atomic E-state index is 12.2. The minimum Gasteiger partial charge on any atom is -0.455 e. The van der Waals surface area contributed by atoms with Crippen molar-refractivity contribution < 1.29 is 14.1 Å². The summed E-state index contributed by atoms with van der Waals surface area (Å²) in [6.45, 7) is 3.97. The number of benzene rings is 1.